The Kier molecular flexibility index (Phi) is 7.92. The van der Waals surface area contributed by atoms with Crippen LogP contribution < -0.4 is 31.0 Å². The van der Waals surface area contributed by atoms with Crippen molar-refractivity contribution in [1.82, 2.24) is 24.7 Å². The molecule has 5 rings (SSSR count). The van der Waals surface area contributed by atoms with Crippen LogP contribution in [0.1, 0.15) is 36.3 Å². The van der Waals surface area contributed by atoms with E-state index in [0.29, 0.717) is 36.0 Å². The first kappa shape index (κ1) is 27.3. The number of nitrogens with one attached hydrogen (secondary N) is 3. The molecule has 212 valence electrons. The van der Waals surface area contributed by atoms with Gasteiger partial charge in [-0.05, 0) is 35.9 Å². The number of nitrogens with zero attached hydrogens (tertiary/aromatic N) is 4. The number of H-pyrrole nitrogens is 1. The largest absolute Gasteiger partial charge is 0.497 e. The van der Waals surface area contributed by atoms with Crippen molar-refractivity contribution in [2.75, 3.05) is 25.6 Å². The van der Waals surface area contributed by atoms with E-state index in [1.54, 1.807) is 37.4 Å². The van der Waals surface area contributed by atoms with Gasteiger partial charge < -0.3 is 30.0 Å². The van der Waals surface area contributed by atoms with E-state index in [0.717, 1.165) is 11.1 Å². The number of ether oxygens (including phenoxy) is 4. The van der Waals surface area contributed by atoms with Gasteiger partial charge in [0, 0.05) is 43.6 Å². The Morgan fingerprint density at radius 2 is 2.00 bits per heavy atom. The van der Waals surface area contributed by atoms with E-state index < -0.39 is 17.7 Å². The monoisotopic (exact) mass is 560 g/mol. The lowest BCUT2D eigenvalue weighted by molar-refractivity contribution is -0.131. The number of esters is 1. The number of benzene rings is 2. The number of hydrogen-bond donors (Lipinski definition) is 4. The van der Waals surface area contributed by atoms with Gasteiger partial charge in [0.05, 0.1) is 25.9 Å². The lowest BCUT2D eigenvalue weighted by Crippen LogP contribution is -2.18. The molecule has 1 aliphatic heterocycles. The molecule has 2 aromatic heterocycles. The smallest absolute Gasteiger partial charge is 0.350 e. The van der Waals surface area contributed by atoms with Gasteiger partial charge in [-0.15, -0.1) is 9.78 Å². The Labute approximate surface area is 233 Å². The number of rotatable bonds is 10. The quantitative estimate of drug-likeness (QED) is 0.0958. The fourth-order valence-electron chi connectivity index (χ4n) is 4.30. The van der Waals surface area contributed by atoms with Crippen molar-refractivity contribution in [2.24, 2.45) is 5.73 Å². The summed E-state index contributed by atoms with van der Waals surface area (Å²) >= 11 is 0. The molecule has 0 saturated carbocycles. The summed E-state index contributed by atoms with van der Waals surface area (Å²) in [5.74, 6) is 0.652. The third kappa shape index (κ3) is 6.33. The maximum absolute atomic E-state index is 12.9. The number of hydrogen-bond acceptors (Lipinski definition) is 11. The van der Waals surface area contributed by atoms with Gasteiger partial charge in [-0.1, -0.05) is 0 Å². The minimum atomic E-state index is -0.765. The van der Waals surface area contributed by atoms with E-state index in [2.05, 4.69) is 25.4 Å². The minimum absolute atomic E-state index is 0.0950. The van der Waals surface area contributed by atoms with E-state index in [4.69, 9.17) is 30.1 Å². The van der Waals surface area contributed by atoms with Crippen molar-refractivity contribution in [2.45, 2.75) is 25.5 Å². The van der Waals surface area contributed by atoms with Crippen LogP contribution in [-0.4, -0.2) is 63.0 Å². The van der Waals surface area contributed by atoms with E-state index in [9.17, 15) is 9.59 Å². The van der Waals surface area contributed by atoms with Crippen molar-refractivity contribution in [3.05, 3.63) is 82.3 Å². The molecule has 2 atom stereocenters. The molecule has 4 aromatic rings. The number of amidine groups is 1. The zero-order valence-electron chi connectivity index (χ0n) is 22.3. The minimum Gasteiger partial charge on any atom is -0.497 e. The molecule has 41 heavy (non-hydrogen) atoms. The summed E-state index contributed by atoms with van der Waals surface area (Å²) in [6.07, 6.45) is 3.65. The van der Waals surface area contributed by atoms with Crippen LogP contribution in [0.3, 0.4) is 0 Å². The maximum Gasteiger partial charge on any atom is 0.350 e. The molecule has 1 aliphatic rings. The van der Waals surface area contributed by atoms with Crippen LogP contribution in [0.15, 0.2) is 59.7 Å². The molecule has 14 nitrogen and oxygen atoms in total. The normalized spacial score (nSPS) is 15.2. The molecule has 0 radical (unpaired) electrons. The number of anilines is 1. The average Bonchev–Trinajstić information content (AvgIpc) is 3.61. The van der Waals surface area contributed by atoms with E-state index in [1.165, 1.54) is 25.4 Å². The van der Waals surface area contributed by atoms with Gasteiger partial charge in [0.15, 0.2) is 5.82 Å². The number of carbonyl (C=O) groups is 1. The molecule has 5 N–H and O–H groups in total. The lowest BCUT2D eigenvalue weighted by Gasteiger charge is -2.21. The summed E-state index contributed by atoms with van der Waals surface area (Å²) in [6.45, 7) is 2.35. The second-order valence-electron chi connectivity index (χ2n) is 9.12. The molecule has 3 heterocycles. The SMILES string of the molecule is COc1cc(O[C@@H]2CCOC2)cc(C(Nc2ccc(C(=N)N)c(OC(C)=O)c2)c2nn(-c3ncccn3)c(=O)[nH]2)c1. The zero-order chi connectivity index (χ0) is 28.9. The van der Waals surface area contributed by atoms with Gasteiger partial charge in [-0.25, -0.2) is 14.8 Å². The summed E-state index contributed by atoms with van der Waals surface area (Å²) in [5.41, 5.74) is 6.50. The van der Waals surface area contributed by atoms with Crippen LogP contribution in [0.5, 0.6) is 17.2 Å². The predicted octanol–water partition coefficient (Wildman–Crippen LogP) is 1.94. The van der Waals surface area contributed by atoms with Gasteiger partial charge >= 0.3 is 11.7 Å². The number of methoxy groups -OCH3 is 1. The van der Waals surface area contributed by atoms with Crippen LogP contribution in [0, 0.1) is 5.41 Å². The van der Waals surface area contributed by atoms with Crippen LogP contribution in [0.4, 0.5) is 5.69 Å². The number of nitrogens with two attached hydrogens (primary N) is 1. The summed E-state index contributed by atoms with van der Waals surface area (Å²) < 4.78 is 23.5. The molecule has 2 aromatic carbocycles. The first-order valence-corrected chi connectivity index (χ1v) is 12.6. The number of aromatic nitrogens is 5. The summed E-state index contributed by atoms with van der Waals surface area (Å²) in [7, 11) is 1.54. The van der Waals surface area contributed by atoms with Crippen LogP contribution in [0.25, 0.3) is 5.95 Å². The highest BCUT2D eigenvalue weighted by molar-refractivity contribution is 5.98. The number of nitrogen functional groups attached to an aromatic ring is 1. The third-order valence-corrected chi connectivity index (χ3v) is 6.15. The highest BCUT2D eigenvalue weighted by Crippen LogP contribution is 2.33. The number of aromatic amines is 1. The molecule has 0 bridgehead atoms. The molecule has 0 amide bonds. The lowest BCUT2D eigenvalue weighted by atomic mass is 10.0. The fourth-order valence-corrected chi connectivity index (χ4v) is 4.30. The summed E-state index contributed by atoms with van der Waals surface area (Å²) in [6, 6.07) is 11.0. The second-order valence-corrected chi connectivity index (χ2v) is 9.12. The van der Waals surface area contributed by atoms with Crippen LogP contribution >= 0.6 is 0 Å². The van der Waals surface area contributed by atoms with Crippen LogP contribution in [0.2, 0.25) is 0 Å². The molecule has 14 heteroatoms. The Hall–Kier alpha value is -5.24. The molecule has 0 aliphatic carbocycles. The molecule has 0 spiro atoms. The topological polar surface area (TPSA) is 192 Å². The molecule has 1 saturated heterocycles. The summed E-state index contributed by atoms with van der Waals surface area (Å²) in [4.78, 5) is 35.7. The van der Waals surface area contributed by atoms with E-state index >= 15 is 0 Å². The van der Waals surface area contributed by atoms with Crippen molar-refractivity contribution in [3.8, 4) is 23.2 Å². The van der Waals surface area contributed by atoms with Crippen molar-refractivity contribution in [1.29, 1.82) is 5.41 Å². The van der Waals surface area contributed by atoms with Crippen LogP contribution in [-0.2, 0) is 9.53 Å². The molecule has 1 unspecified atom stereocenters. The Bertz CT molecular complexity index is 1610. The highest BCUT2D eigenvalue weighted by Gasteiger charge is 2.25. The first-order valence-electron chi connectivity index (χ1n) is 12.6. The molecular formula is C27H28N8O6. The Morgan fingerprint density at radius 3 is 2.68 bits per heavy atom. The first-order chi connectivity index (χ1) is 19.8. The number of carbonyl (C=O) groups excluding carboxylic acids is 1. The van der Waals surface area contributed by atoms with Gasteiger partial charge in [-0.2, -0.15) is 0 Å². The van der Waals surface area contributed by atoms with Gasteiger partial charge in [-0.3, -0.25) is 15.2 Å². The maximum atomic E-state index is 12.9. The molecular weight excluding hydrogens is 532 g/mol. The Morgan fingerprint density at radius 1 is 1.22 bits per heavy atom. The van der Waals surface area contributed by atoms with E-state index in [1.807, 2.05) is 6.07 Å². The van der Waals surface area contributed by atoms with Gasteiger partial charge in [0.1, 0.15) is 35.2 Å². The highest BCUT2D eigenvalue weighted by atomic mass is 16.5. The zero-order valence-corrected chi connectivity index (χ0v) is 22.3. The second kappa shape index (κ2) is 11.9. The van der Waals surface area contributed by atoms with Crippen molar-refractivity contribution in [3.63, 3.8) is 0 Å². The van der Waals surface area contributed by atoms with Crippen molar-refractivity contribution >= 4 is 17.5 Å². The van der Waals surface area contributed by atoms with Gasteiger partial charge in [0.25, 0.3) is 5.95 Å². The average molecular weight is 561 g/mol. The third-order valence-electron chi connectivity index (χ3n) is 6.15. The Balaban J connectivity index is 1.59. The fraction of sp³-hybridized carbons (Fsp3) is 0.259. The van der Waals surface area contributed by atoms with Crippen molar-refractivity contribution < 1.29 is 23.7 Å². The standard InChI is InChI=1S/C27H28N8O6/c1-15(36)40-22-12-17(4-5-21(22)24(28)29)32-23(25-33-27(37)35(34-25)26-30-7-3-8-31-26)16-10-19(38-2)13-20(11-16)41-18-6-9-39-14-18/h3-5,7-8,10-13,18,23,32H,6,9,14H2,1-2H3,(H3,28,29)(H,33,34,37)/t18-,23?/m1/s1. The predicted molar refractivity (Wildman–Crippen MR) is 147 cm³/mol. The summed E-state index contributed by atoms with van der Waals surface area (Å²) in [5, 5.41) is 15.6. The van der Waals surface area contributed by atoms with E-state index in [-0.39, 0.29) is 35.0 Å². The molecule has 1 fully saturated rings. The van der Waals surface area contributed by atoms with Gasteiger partial charge in [0.2, 0.25) is 0 Å².